The van der Waals surface area contributed by atoms with Crippen molar-refractivity contribution in [2.45, 2.75) is 39.9 Å². The van der Waals surface area contributed by atoms with E-state index in [1.54, 1.807) is 27.7 Å². The fraction of sp³-hybridized carbons (Fsp3) is 0.909. The van der Waals surface area contributed by atoms with Crippen LogP contribution in [0.5, 0.6) is 0 Å². The lowest BCUT2D eigenvalue weighted by Crippen LogP contribution is -2.48. The highest BCUT2D eigenvalue weighted by atomic mass is 19.4. The molecule has 1 atom stereocenters. The molecule has 1 amide bonds. The predicted molar refractivity (Wildman–Crippen MR) is 60.3 cm³/mol. The number of halogens is 3. The second kappa shape index (κ2) is 6.23. The summed E-state index contributed by atoms with van der Waals surface area (Å²) in [7, 11) is 0. The van der Waals surface area contributed by atoms with Crippen molar-refractivity contribution in [3.63, 3.8) is 0 Å². The zero-order chi connectivity index (χ0) is 13.8. The number of nitrogens with zero attached hydrogens (tertiary/aromatic N) is 1. The molecular weight excluding hydrogens is 233 g/mol. The normalized spacial score (nSPS) is 14.2. The molecule has 0 aromatic carbocycles. The lowest BCUT2D eigenvalue weighted by molar-refractivity contribution is -0.167. The molecule has 0 spiro atoms. The predicted octanol–water partition coefficient (Wildman–Crippen LogP) is 2.02. The smallest absolute Gasteiger partial charge is 0.331 e. The van der Waals surface area contributed by atoms with Gasteiger partial charge in [0, 0.05) is 12.6 Å². The SMILES string of the molecule is CC(C)C(CN)C(=O)N(CC(F)(F)F)C(C)C. The number of hydrogen-bond acceptors (Lipinski definition) is 2. The van der Waals surface area contributed by atoms with E-state index in [-0.39, 0.29) is 12.5 Å². The number of rotatable bonds is 5. The van der Waals surface area contributed by atoms with E-state index < -0.39 is 30.6 Å². The fourth-order valence-electron chi connectivity index (χ4n) is 1.58. The van der Waals surface area contributed by atoms with Gasteiger partial charge >= 0.3 is 6.18 Å². The number of alkyl halides is 3. The zero-order valence-electron chi connectivity index (χ0n) is 10.7. The second-order valence-electron chi connectivity index (χ2n) is 4.76. The quantitative estimate of drug-likeness (QED) is 0.815. The molecule has 6 heteroatoms. The van der Waals surface area contributed by atoms with Crippen LogP contribution in [-0.2, 0) is 4.79 Å². The number of hydrogen-bond donors (Lipinski definition) is 1. The maximum atomic E-state index is 12.4. The highest BCUT2D eigenvalue weighted by Crippen LogP contribution is 2.21. The van der Waals surface area contributed by atoms with Crippen molar-refractivity contribution in [2.24, 2.45) is 17.6 Å². The zero-order valence-corrected chi connectivity index (χ0v) is 10.7. The summed E-state index contributed by atoms with van der Waals surface area (Å²) in [5.74, 6) is -1.14. The van der Waals surface area contributed by atoms with E-state index in [2.05, 4.69) is 0 Å². The second-order valence-corrected chi connectivity index (χ2v) is 4.76. The first-order valence-electron chi connectivity index (χ1n) is 5.67. The van der Waals surface area contributed by atoms with E-state index in [1.807, 2.05) is 0 Å². The first-order valence-corrected chi connectivity index (χ1v) is 5.67. The largest absolute Gasteiger partial charge is 0.406 e. The summed E-state index contributed by atoms with van der Waals surface area (Å²) in [6.45, 7) is 5.54. The Hall–Kier alpha value is -0.780. The van der Waals surface area contributed by atoms with Crippen molar-refractivity contribution < 1.29 is 18.0 Å². The molecule has 2 N–H and O–H groups in total. The maximum Gasteiger partial charge on any atom is 0.406 e. The third-order valence-corrected chi connectivity index (χ3v) is 2.63. The van der Waals surface area contributed by atoms with Crippen LogP contribution in [0.25, 0.3) is 0 Å². The summed E-state index contributed by atoms with van der Waals surface area (Å²) in [5, 5.41) is 0. The van der Waals surface area contributed by atoms with Crippen molar-refractivity contribution in [1.29, 1.82) is 0 Å². The maximum absolute atomic E-state index is 12.4. The van der Waals surface area contributed by atoms with Gasteiger partial charge in [-0.15, -0.1) is 0 Å². The van der Waals surface area contributed by atoms with Gasteiger partial charge in [-0.1, -0.05) is 13.8 Å². The Morgan fingerprint density at radius 2 is 1.71 bits per heavy atom. The summed E-state index contributed by atoms with van der Waals surface area (Å²) >= 11 is 0. The van der Waals surface area contributed by atoms with Crippen LogP contribution in [0.3, 0.4) is 0 Å². The highest BCUT2D eigenvalue weighted by Gasteiger charge is 2.36. The van der Waals surface area contributed by atoms with Gasteiger partial charge in [0.2, 0.25) is 5.91 Å². The number of carbonyl (C=O) groups is 1. The summed E-state index contributed by atoms with van der Waals surface area (Å²) in [4.78, 5) is 12.8. The van der Waals surface area contributed by atoms with E-state index in [1.165, 1.54) is 0 Å². The van der Waals surface area contributed by atoms with Gasteiger partial charge in [0.15, 0.2) is 0 Å². The number of nitrogens with two attached hydrogens (primary N) is 1. The summed E-state index contributed by atoms with van der Waals surface area (Å²) in [6.07, 6.45) is -4.38. The molecule has 17 heavy (non-hydrogen) atoms. The summed E-state index contributed by atoms with van der Waals surface area (Å²) in [6, 6.07) is -0.489. The van der Waals surface area contributed by atoms with Gasteiger partial charge in [0.25, 0.3) is 0 Å². The first kappa shape index (κ1) is 16.2. The molecule has 0 aromatic rings. The van der Waals surface area contributed by atoms with Gasteiger partial charge in [0.1, 0.15) is 6.54 Å². The lowest BCUT2D eigenvalue weighted by Gasteiger charge is -2.32. The van der Waals surface area contributed by atoms with Crippen molar-refractivity contribution in [2.75, 3.05) is 13.1 Å². The highest BCUT2D eigenvalue weighted by molar-refractivity contribution is 5.79. The topological polar surface area (TPSA) is 46.3 Å². The van der Waals surface area contributed by atoms with Gasteiger partial charge in [-0.2, -0.15) is 13.2 Å². The average molecular weight is 254 g/mol. The Morgan fingerprint density at radius 3 is 1.94 bits per heavy atom. The van der Waals surface area contributed by atoms with Crippen LogP contribution in [0.4, 0.5) is 13.2 Å². The molecule has 0 rings (SSSR count). The van der Waals surface area contributed by atoms with Crippen LogP contribution < -0.4 is 5.73 Å². The Morgan fingerprint density at radius 1 is 1.24 bits per heavy atom. The molecule has 102 valence electrons. The molecule has 0 aliphatic rings. The van der Waals surface area contributed by atoms with Gasteiger partial charge in [-0.05, 0) is 19.8 Å². The molecule has 0 aromatic heterocycles. The van der Waals surface area contributed by atoms with Crippen molar-refractivity contribution in [3.8, 4) is 0 Å². The van der Waals surface area contributed by atoms with Gasteiger partial charge in [-0.25, -0.2) is 0 Å². The van der Waals surface area contributed by atoms with Crippen LogP contribution in [0.2, 0.25) is 0 Å². The molecule has 0 saturated carbocycles. The lowest BCUT2D eigenvalue weighted by atomic mass is 9.94. The molecule has 0 radical (unpaired) electrons. The standard InChI is InChI=1S/C11H21F3N2O/c1-7(2)9(5-15)10(17)16(8(3)4)6-11(12,13)14/h7-9H,5-6,15H2,1-4H3. The van der Waals surface area contributed by atoms with Gasteiger partial charge < -0.3 is 10.6 Å². The average Bonchev–Trinajstić information content (AvgIpc) is 2.12. The molecule has 3 nitrogen and oxygen atoms in total. The van der Waals surface area contributed by atoms with Gasteiger partial charge in [-0.3, -0.25) is 4.79 Å². The molecule has 0 aliphatic heterocycles. The molecule has 0 heterocycles. The molecule has 0 saturated heterocycles. The van der Waals surface area contributed by atoms with Crippen LogP contribution in [0.1, 0.15) is 27.7 Å². The third kappa shape index (κ3) is 5.39. The Labute approximate surface area is 100 Å². The van der Waals surface area contributed by atoms with Crippen LogP contribution in [0.15, 0.2) is 0 Å². The fourth-order valence-corrected chi connectivity index (χ4v) is 1.58. The monoisotopic (exact) mass is 254 g/mol. The third-order valence-electron chi connectivity index (χ3n) is 2.63. The van der Waals surface area contributed by atoms with E-state index >= 15 is 0 Å². The number of carbonyl (C=O) groups excluding carboxylic acids is 1. The Balaban J connectivity index is 4.88. The van der Waals surface area contributed by atoms with E-state index in [9.17, 15) is 18.0 Å². The van der Waals surface area contributed by atoms with Gasteiger partial charge in [0.05, 0.1) is 5.92 Å². The minimum atomic E-state index is -4.38. The van der Waals surface area contributed by atoms with Crippen LogP contribution in [0, 0.1) is 11.8 Å². The van der Waals surface area contributed by atoms with Crippen molar-refractivity contribution in [1.82, 2.24) is 4.90 Å². The molecule has 0 fully saturated rings. The van der Waals surface area contributed by atoms with E-state index in [0.29, 0.717) is 0 Å². The number of amides is 1. The van der Waals surface area contributed by atoms with E-state index in [4.69, 9.17) is 5.73 Å². The van der Waals surface area contributed by atoms with Crippen LogP contribution >= 0.6 is 0 Å². The molecule has 0 bridgehead atoms. The molecule has 0 aliphatic carbocycles. The first-order chi connectivity index (χ1) is 7.60. The van der Waals surface area contributed by atoms with Crippen molar-refractivity contribution >= 4 is 5.91 Å². The molecular formula is C11H21F3N2O. The van der Waals surface area contributed by atoms with Crippen molar-refractivity contribution in [3.05, 3.63) is 0 Å². The Bertz CT molecular complexity index is 252. The summed E-state index contributed by atoms with van der Waals surface area (Å²) in [5.41, 5.74) is 5.45. The minimum absolute atomic E-state index is 0.0670. The Kier molecular flexibility index (Phi) is 5.95. The van der Waals surface area contributed by atoms with E-state index in [0.717, 1.165) is 4.90 Å². The summed E-state index contributed by atoms with van der Waals surface area (Å²) < 4.78 is 37.1. The minimum Gasteiger partial charge on any atom is -0.331 e. The molecule has 1 unspecified atom stereocenters. The van der Waals surface area contributed by atoms with Crippen LogP contribution in [-0.4, -0.2) is 36.1 Å².